The van der Waals surface area contributed by atoms with Crippen molar-refractivity contribution in [3.63, 3.8) is 0 Å². The van der Waals surface area contributed by atoms with Crippen LogP contribution in [-0.4, -0.2) is 11.7 Å². The summed E-state index contributed by atoms with van der Waals surface area (Å²) in [5.41, 5.74) is 1.64. The van der Waals surface area contributed by atoms with Gasteiger partial charge in [-0.25, -0.2) is 0 Å². The quantitative estimate of drug-likeness (QED) is 0.880. The molecule has 1 heterocycles. The average Bonchev–Trinajstić information content (AvgIpc) is 2.87. The Labute approximate surface area is 107 Å². The maximum Gasteiger partial charge on any atom is 0.119 e. The van der Waals surface area contributed by atoms with Crippen molar-refractivity contribution in [1.82, 2.24) is 0 Å². The van der Waals surface area contributed by atoms with Gasteiger partial charge in [-0.2, -0.15) is 0 Å². The van der Waals surface area contributed by atoms with E-state index < -0.39 is 6.10 Å². The topological polar surface area (TPSA) is 42.6 Å². The van der Waals surface area contributed by atoms with Crippen LogP contribution in [0.15, 0.2) is 41.0 Å². The number of furan rings is 1. The van der Waals surface area contributed by atoms with Crippen molar-refractivity contribution in [2.75, 3.05) is 6.61 Å². The number of ether oxygens (including phenoxy) is 1. The smallest absolute Gasteiger partial charge is 0.119 e. The fraction of sp³-hybridized carbons (Fsp3) is 0.333. The van der Waals surface area contributed by atoms with Crippen LogP contribution in [0, 0.1) is 0 Å². The van der Waals surface area contributed by atoms with E-state index in [-0.39, 0.29) is 0 Å². The minimum Gasteiger partial charge on any atom is -0.494 e. The van der Waals surface area contributed by atoms with E-state index in [2.05, 4.69) is 0 Å². The molecule has 1 atom stereocenters. The molecule has 18 heavy (non-hydrogen) atoms. The van der Waals surface area contributed by atoms with E-state index in [0.717, 1.165) is 29.1 Å². The molecule has 3 nitrogen and oxygen atoms in total. The first-order valence-electron chi connectivity index (χ1n) is 6.23. The van der Waals surface area contributed by atoms with Gasteiger partial charge in [-0.15, -0.1) is 0 Å². The highest BCUT2D eigenvalue weighted by molar-refractivity contribution is 5.36. The summed E-state index contributed by atoms with van der Waals surface area (Å²) in [6, 6.07) is 9.34. The van der Waals surface area contributed by atoms with Gasteiger partial charge >= 0.3 is 0 Å². The Kier molecular flexibility index (Phi) is 4.05. The van der Waals surface area contributed by atoms with Crippen molar-refractivity contribution >= 4 is 0 Å². The summed E-state index contributed by atoms with van der Waals surface area (Å²) >= 11 is 0. The molecule has 1 unspecified atom stereocenters. The third-order valence-corrected chi connectivity index (χ3v) is 2.88. The Balaban J connectivity index is 2.28. The van der Waals surface area contributed by atoms with Crippen LogP contribution in [0.1, 0.15) is 36.8 Å². The van der Waals surface area contributed by atoms with Gasteiger partial charge in [0.05, 0.1) is 12.9 Å². The first-order valence-corrected chi connectivity index (χ1v) is 6.23. The number of hydrogen-bond donors (Lipinski definition) is 1. The van der Waals surface area contributed by atoms with E-state index in [1.54, 1.807) is 6.26 Å². The number of aliphatic hydroxyl groups excluding tert-OH is 1. The zero-order valence-electron chi connectivity index (χ0n) is 10.7. The second-order valence-corrected chi connectivity index (χ2v) is 4.06. The average molecular weight is 246 g/mol. The Morgan fingerprint density at radius 2 is 2.11 bits per heavy atom. The Morgan fingerprint density at radius 3 is 2.83 bits per heavy atom. The molecule has 1 aromatic heterocycles. The van der Waals surface area contributed by atoms with E-state index in [1.165, 1.54) is 0 Å². The molecule has 96 valence electrons. The molecule has 0 fully saturated rings. The highest BCUT2D eigenvalue weighted by atomic mass is 16.5. The lowest BCUT2D eigenvalue weighted by molar-refractivity contribution is 0.216. The van der Waals surface area contributed by atoms with Crippen molar-refractivity contribution in [2.45, 2.75) is 26.4 Å². The number of aryl methyl sites for hydroxylation is 1. The first-order chi connectivity index (χ1) is 8.76. The summed E-state index contributed by atoms with van der Waals surface area (Å²) < 4.78 is 10.8. The van der Waals surface area contributed by atoms with E-state index >= 15 is 0 Å². The van der Waals surface area contributed by atoms with Gasteiger partial charge < -0.3 is 14.3 Å². The Bertz CT molecular complexity index is 502. The molecule has 1 N–H and O–H groups in total. The predicted octanol–water partition coefficient (Wildman–Crippen LogP) is 3.32. The lowest BCUT2D eigenvalue weighted by atomic mass is 10.0. The Hall–Kier alpha value is -1.74. The van der Waals surface area contributed by atoms with E-state index in [0.29, 0.717) is 6.61 Å². The minimum absolute atomic E-state index is 0.617. The molecular weight excluding hydrogens is 228 g/mol. The standard InChI is InChI=1S/C15H18O3/c1-3-14-13(8-9-18-14)15(16)11-6-5-7-12(10-11)17-4-2/h5-10,15-16H,3-4H2,1-2H3. The van der Waals surface area contributed by atoms with E-state index in [4.69, 9.17) is 9.15 Å². The van der Waals surface area contributed by atoms with Crippen molar-refractivity contribution in [3.8, 4) is 5.75 Å². The fourth-order valence-corrected chi connectivity index (χ4v) is 2.00. The van der Waals surface area contributed by atoms with Gasteiger partial charge in [0.1, 0.15) is 17.6 Å². The van der Waals surface area contributed by atoms with Crippen LogP contribution in [0.3, 0.4) is 0 Å². The molecule has 3 heteroatoms. The zero-order chi connectivity index (χ0) is 13.0. The summed E-state index contributed by atoms with van der Waals surface area (Å²) in [5, 5.41) is 10.4. The number of rotatable bonds is 5. The minimum atomic E-state index is -0.667. The summed E-state index contributed by atoms with van der Waals surface area (Å²) in [4.78, 5) is 0. The summed E-state index contributed by atoms with van der Waals surface area (Å²) in [6.45, 7) is 4.56. The molecule has 0 saturated heterocycles. The van der Waals surface area contributed by atoms with Gasteiger partial charge in [-0.3, -0.25) is 0 Å². The third-order valence-electron chi connectivity index (χ3n) is 2.88. The zero-order valence-corrected chi connectivity index (χ0v) is 10.7. The Morgan fingerprint density at radius 1 is 1.28 bits per heavy atom. The molecule has 1 aromatic carbocycles. The van der Waals surface area contributed by atoms with Crippen LogP contribution >= 0.6 is 0 Å². The third kappa shape index (κ3) is 2.57. The number of benzene rings is 1. The summed E-state index contributed by atoms with van der Waals surface area (Å²) in [7, 11) is 0. The molecule has 0 amide bonds. The van der Waals surface area contributed by atoms with Gasteiger partial charge in [0.15, 0.2) is 0 Å². The second kappa shape index (κ2) is 5.74. The summed E-state index contributed by atoms with van der Waals surface area (Å²) in [6.07, 6.45) is 1.72. The van der Waals surface area contributed by atoms with Gasteiger partial charge in [-0.1, -0.05) is 19.1 Å². The molecule has 0 aliphatic rings. The van der Waals surface area contributed by atoms with Gasteiger partial charge in [0.2, 0.25) is 0 Å². The fourth-order valence-electron chi connectivity index (χ4n) is 2.00. The largest absolute Gasteiger partial charge is 0.494 e. The molecule has 2 aromatic rings. The molecule has 0 bridgehead atoms. The molecule has 0 saturated carbocycles. The van der Waals surface area contributed by atoms with Crippen molar-refractivity contribution < 1.29 is 14.3 Å². The number of hydrogen-bond acceptors (Lipinski definition) is 3. The van der Waals surface area contributed by atoms with Crippen molar-refractivity contribution in [1.29, 1.82) is 0 Å². The predicted molar refractivity (Wildman–Crippen MR) is 69.8 cm³/mol. The van der Waals surface area contributed by atoms with Gasteiger partial charge in [0.25, 0.3) is 0 Å². The SMILES string of the molecule is CCOc1cccc(C(O)c2ccoc2CC)c1. The lowest BCUT2D eigenvalue weighted by Gasteiger charge is -2.12. The molecule has 0 aliphatic heterocycles. The normalized spacial score (nSPS) is 12.4. The monoisotopic (exact) mass is 246 g/mol. The summed E-state index contributed by atoms with van der Waals surface area (Å²) in [5.74, 6) is 1.60. The van der Waals surface area contributed by atoms with Crippen LogP contribution in [0.2, 0.25) is 0 Å². The maximum absolute atomic E-state index is 10.4. The van der Waals surface area contributed by atoms with Crippen LogP contribution in [0.4, 0.5) is 0 Å². The second-order valence-electron chi connectivity index (χ2n) is 4.06. The molecule has 0 aliphatic carbocycles. The number of aliphatic hydroxyl groups is 1. The first kappa shape index (κ1) is 12.7. The van der Waals surface area contributed by atoms with E-state index in [1.807, 2.05) is 44.2 Å². The van der Waals surface area contributed by atoms with Crippen molar-refractivity contribution in [2.24, 2.45) is 0 Å². The van der Waals surface area contributed by atoms with Gasteiger partial charge in [0, 0.05) is 12.0 Å². The van der Waals surface area contributed by atoms with Crippen molar-refractivity contribution in [3.05, 3.63) is 53.5 Å². The van der Waals surface area contributed by atoms with Crippen LogP contribution in [-0.2, 0) is 6.42 Å². The maximum atomic E-state index is 10.4. The lowest BCUT2D eigenvalue weighted by Crippen LogP contribution is -2.02. The van der Waals surface area contributed by atoms with E-state index in [9.17, 15) is 5.11 Å². The van der Waals surface area contributed by atoms with Crippen LogP contribution < -0.4 is 4.74 Å². The van der Waals surface area contributed by atoms with Crippen LogP contribution in [0.25, 0.3) is 0 Å². The molecule has 0 spiro atoms. The highest BCUT2D eigenvalue weighted by Gasteiger charge is 2.16. The molecule has 2 rings (SSSR count). The van der Waals surface area contributed by atoms with Gasteiger partial charge in [-0.05, 0) is 30.7 Å². The molecular formula is C15H18O3. The molecule has 0 radical (unpaired) electrons. The van der Waals surface area contributed by atoms with Crippen LogP contribution in [0.5, 0.6) is 5.75 Å². The highest BCUT2D eigenvalue weighted by Crippen LogP contribution is 2.28.